The fourth-order valence-electron chi connectivity index (χ4n) is 5.94. The lowest BCUT2D eigenvalue weighted by atomic mass is 9.66. The van der Waals surface area contributed by atoms with Crippen LogP contribution in [-0.2, 0) is 9.53 Å². The number of hydrogen-bond acceptors (Lipinski definition) is 4. The number of carbonyl (C=O) groups is 2. The van der Waals surface area contributed by atoms with Crippen LogP contribution in [0.4, 0.5) is 4.79 Å². The number of ether oxygens (including phenoxy) is 1. The van der Waals surface area contributed by atoms with E-state index in [1.807, 2.05) is 18.7 Å². The highest BCUT2D eigenvalue weighted by Gasteiger charge is 2.45. The Morgan fingerprint density at radius 2 is 1.83 bits per heavy atom. The van der Waals surface area contributed by atoms with E-state index in [2.05, 4.69) is 22.0 Å². The Hall–Kier alpha value is -1.82. The quantitative estimate of drug-likeness (QED) is 0.707. The fraction of sp³-hybridized carbons (Fsp3) is 0.750. The van der Waals surface area contributed by atoms with Crippen LogP contribution in [0.25, 0.3) is 0 Å². The van der Waals surface area contributed by atoms with Crippen molar-refractivity contribution < 1.29 is 14.3 Å². The Bertz CT molecular complexity index is 713. The number of piperidine rings is 2. The Morgan fingerprint density at radius 3 is 2.50 bits per heavy atom. The van der Waals surface area contributed by atoms with Crippen molar-refractivity contribution in [1.29, 1.82) is 0 Å². The van der Waals surface area contributed by atoms with Crippen LogP contribution in [-0.4, -0.2) is 78.6 Å². The van der Waals surface area contributed by atoms with Gasteiger partial charge in [-0.3, -0.25) is 4.79 Å². The molecular formula is C24H37N3O3. The molecule has 1 spiro atoms. The number of allylic oxidation sites excluding steroid dienone is 2. The van der Waals surface area contributed by atoms with Crippen molar-refractivity contribution in [2.75, 3.05) is 45.9 Å². The Labute approximate surface area is 180 Å². The van der Waals surface area contributed by atoms with Crippen LogP contribution in [0.3, 0.4) is 0 Å². The van der Waals surface area contributed by atoms with Crippen LogP contribution < -0.4 is 0 Å². The van der Waals surface area contributed by atoms with Gasteiger partial charge in [-0.2, -0.15) is 0 Å². The maximum atomic E-state index is 12.5. The highest BCUT2D eigenvalue weighted by atomic mass is 16.6. The Kier molecular flexibility index (Phi) is 6.51. The number of nitrogens with zero attached hydrogens (tertiary/aromatic N) is 3. The average Bonchev–Trinajstić information content (AvgIpc) is 2.79. The van der Waals surface area contributed by atoms with Gasteiger partial charge in [0.15, 0.2) is 0 Å². The van der Waals surface area contributed by atoms with Gasteiger partial charge in [0.05, 0.1) is 6.61 Å². The molecule has 3 heterocycles. The smallest absolute Gasteiger partial charge is 0.409 e. The van der Waals surface area contributed by atoms with Gasteiger partial charge in [0.2, 0.25) is 5.91 Å². The van der Waals surface area contributed by atoms with E-state index in [4.69, 9.17) is 4.74 Å². The van der Waals surface area contributed by atoms with Crippen molar-refractivity contribution in [3.05, 3.63) is 23.3 Å². The van der Waals surface area contributed by atoms with Gasteiger partial charge in [-0.15, -0.1) is 0 Å². The summed E-state index contributed by atoms with van der Waals surface area (Å²) in [6.07, 6.45) is 11.7. The van der Waals surface area contributed by atoms with E-state index >= 15 is 0 Å². The normalized spacial score (nSPS) is 24.9. The van der Waals surface area contributed by atoms with Gasteiger partial charge in [-0.1, -0.05) is 19.1 Å². The molecule has 0 aromatic carbocycles. The summed E-state index contributed by atoms with van der Waals surface area (Å²) in [5, 5.41) is 0. The van der Waals surface area contributed by atoms with E-state index in [1.165, 1.54) is 5.57 Å². The van der Waals surface area contributed by atoms with E-state index in [1.54, 1.807) is 5.57 Å². The monoisotopic (exact) mass is 415 g/mol. The summed E-state index contributed by atoms with van der Waals surface area (Å²) in [5.41, 5.74) is 3.18. The van der Waals surface area contributed by atoms with E-state index in [9.17, 15) is 9.59 Å². The lowest BCUT2D eigenvalue weighted by Gasteiger charge is -2.51. The van der Waals surface area contributed by atoms with E-state index in [-0.39, 0.29) is 11.5 Å². The van der Waals surface area contributed by atoms with Crippen LogP contribution in [0.5, 0.6) is 0 Å². The van der Waals surface area contributed by atoms with Gasteiger partial charge in [0.25, 0.3) is 0 Å². The predicted octanol–water partition coefficient (Wildman–Crippen LogP) is 3.59. The zero-order chi connectivity index (χ0) is 21.1. The van der Waals surface area contributed by atoms with Crippen LogP contribution >= 0.6 is 0 Å². The standard InChI is InChI=1S/C24H37N3O3/c1-3-22(28)27-17-19-7-5-6-8-21(19)24(18-27)11-15-25(16-12-24)20-9-13-26(14-10-20)23(29)30-4-2/h6,8,20H,3-5,7,9-18H2,1-2H3. The summed E-state index contributed by atoms with van der Waals surface area (Å²) in [4.78, 5) is 31.1. The van der Waals surface area contributed by atoms with Crippen molar-refractivity contribution in [3.63, 3.8) is 0 Å². The zero-order valence-electron chi connectivity index (χ0n) is 18.7. The molecule has 6 nitrogen and oxygen atoms in total. The molecule has 0 aromatic rings. The highest BCUT2D eigenvalue weighted by molar-refractivity contribution is 5.76. The molecule has 0 unspecified atom stereocenters. The number of carbonyl (C=O) groups excluding carboxylic acids is 2. The largest absolute Gasteiger partial charge is 0.450 e. The predicted molar refractivity (Wildman–Crippen MR) is 117 cm³/mol. The summed E-state index contributed by atoms with van der Waals surface area (Å²) in [5.74, 6) is 0.296. The molecule has 2 fully saturated rings. The molecule has 2 amide bonds. The van der Waals surface area contributed by atoms with Crippen LogP contribution in [0.2, 0.25) is 0 Å². The summed E-state index contributed by atoms with van der Waals surface area (Å²) in [7, 11) is 0. The first kappa shape index (κ1) is 21.4. The minimum Gasteiger partial charge on any atom is -0.450 e. The number of amides is 2. The second-order valence-electron chi connectivity index (χ2n) is 9.30. The van der Waals surface area contributed by atoms with Crippen LogP contribution in [0.1, 0.15) is 58.8 Å². The molecule has 0 saturated carbocycles. The summed E-state index contributed by atoms with van der Waals surface area (Å²) in [6, 6.07) is 0.556. The molecular weight excluding hydrogens is 378 g/mol. The number of rotatable bonds is 3. The molecule has 2 saturated heterocycles. The fourth-order valence-corrected chi connectivity index (χ4v) is 5.94. The molecule has 0 bridgehead atoms. The topological polar surface area (TPSA) is 53.1 Å². The summed E-state index contributed by atoms with van der Waals surface area (Å²) < 4.78 is 5.16. The Morgan fingerprint density at radius 1 is 1.10 bits per heavy atom. The second-order valence-corrected chi connectivity index (χ2v) is 9.30. The number of likely N-dealkylation sites (tertiary alicyclic amines) is 2. The van der Waals surface area contributed by atoms with Gasteiger partial charge in [0, 0.05) is 44.1 Å². The minimum atomic E-state index is -0.167. The van der Waals surface area contributed by atoms with Crippen molar-refractivity contribution in [2.45, 2.75) is 64.8 Å². The maximum Gasteiger partial charge on any atom is 0.409 e. The first-order valence-corrected chi connectivity index (χ1v) is 11.9. The van der Waals surface area contributed by atoms with Crippen molar-refractivity contribution >= 4 is 12.0 Å². The molecule has 0 radical (unpaired) electrons. The van der Waals surface area contributed by atoms with Gasteiger partial charge >= 0.3 is 6.09 Å². The summed E-state index contributed by atoms with van der Waals surface area (Å²) in [6.45, 7) is 9.76. The van der Waals surface area contributed by atoms with E-state index < -0.39 is 0 Å². The number of fused-ring (bicyclic) bond motifs is 1. The van der Waals surface area contributed by atoms with E-state index in [0.29, 0.717) is 25.0 Å². The third-order valence-electron chi connectivity index (χ3n) is 7.64. The first-order valence-electron chi connectivity index (χ1n) is 11.9. The van der Waals surface area contributed by atoms with Crippen molar-refractivity contribution in [1.82, 2.24) is 14.7 Å². The molecule has 1 aliphatic carbocycles. The zero-order valence-corrected chi connectivity index (χ0v) is 18.7. The maximum absolute atomic E-state index is 12.5. The average molecular weight is 416 g/mol. The molecule has 0 N–H and O–H groups in total. The third kappa shape index (κ3) is 4.16. The van der Waals surface area contributed by atoms with Gasteiger partial charge in [-0.05, 0) is 69.7 Å². The van der Waals surface area contributed by atoms with Crippen molar-refractivity contribution in [2.24, 2.45) is 5.41 Å². The lowest BCUT2D eigenvalue weighted by Crippen LogP contribution is -2.55. The summed E-state index contributed by atoms with van der Waals surface area (Å²) >= 11 is 0. The first-order chi connectivity index (χ1) is 14.6. The van der Waals surface area contributed by atoms with Gasteiger partial charge < -0.3 is 19.4 Å². The van der Waals surface area contributed by atoms with Gasteiger partial charge in [0.1, 0.15) is 0 Å². The van der Waals surface area contributed by atoms with Crippen molar-refractivity contribution in [3.8, 4) is 0 Å². The molecule has 4 aliphatic rings. The molecule has 6 heteroatoms. The van der Waals surface area contributed by atoms with Gasteiger partial charge in [-0.25, -0.2) is 4.79 Å². The molecule has 166 valence electrons. The molecule has 0 aromatic heterocycles. The highest BCUT2D eigenvalue weighted by Crippen LogP contribution is 2.47. The second kappa shape index (κ2) is 9.13. The lowest BCUT2D eigenvalue weighted by molar-refractivity contribution is -0.132. The van der Waals surface area contributed by atoms with E-state index in [0.717, 1.165) is 77.8 Å². The minimum absolute atomic E-state index is 0.136. The molecule has 4 rings (SSSR count). The van der Waals surface area contributed by atoms with Crippen LogP contribution in [0, 0.1) is 5.41 Å². The molecule has 30 heavy (non-hydrogen) atoms. The third-order valence-corrected chi connectivity index (χ3v) is 7.64. The molecule has 0 atom stereocenters. The molecule has 3 aliphatic heterocycles. The SMILES string of the molecule is CCOC(=O)N1CCC(N2CCC3(CC2)CN(C(=O)CC)CC2=C3C=CCC2)CC1. The Balaban J connectivity index is 1.40. The number of hydrogen-bond donors (Lipinski definition) is 0. The van der Waals surface area contributed by atoms with Crippen LogP contribution in [0.15, 0.2) is 23.3 Å².